The number of fused-ring (bicyclic) bond motifs is 1. The molecule has 1 aliphatic carbocycles. The second-order valence-electron chi connectivity index (χ2n) is 7.43. The number of ether oxygens (including phenoxy) is 2. The van der Waals surface area contributed by atoms with Gasteiger partial charge in [0.2, 0.25) is 11.8 Å². The number of carbonyl (C=O) groups is 2. The summed E-state index contributed by atoms with van der Waals surface area (Å²) in [4.78, 5) is 28.9. The summed E-state index contributed by atoms with van der Waals surface area (Å²) in [6.07, 6.45) is 3.27. The number of aryl methyl sites for hydroxylation is 1. The van der Waals surface area contributed by atoms with E-state index in [-0.39, 0.29) is 17.7 Å². The first kappa shape index (κ1) is 17.2. The lowest BCUT2D eigenvalue weighted by Crippen LogP contribution is -2.38. The first-order valence-electron chi connectivity index (χ1n) is 9.57. The first-order chi connectivity index (χ1) is 12.6. The Morgan fingerprint density at radius 3 is 2.38 bits per heavy atom. The standard InChI is InChI=1S/C20H26N2O4/c1-14-11-17-18(26-10-9-25-17)12-16(14)13-19(23)21-5-2-6-22(8-7-21)20(24)15-3-4-15/h11-12,15H,2-10,13H2,1H3. The normalized spacial score (nSPS) is 19.9. The van der Waals surface area contributed by atoms with Crippen molar-refractivity contribution in [2.24, 2.45) is 5.92 Å². The maximum Gasteiger partial charge on any atom is 0.227 e. The van der Waals surface area contributed by atoms with Crippen LogP contribution in [0.4, 0.5) is 0 Å². The fraction of sp³-hybridized carbons (Fsp3) is 0.600. The van der Waals surface area contributed by atoms with Crippen molar-refractivity contribution in [2.45, 2.75) is 32.6 Å². The zero-order valence-corrected chi connectivity index (χ0v) is 15.3. The molecule has 1 saturated heterocycles. The number of amides is 2. The third kappa shape index (κ3) is 3.64. The topological polar surface area (TPSA) is 59.1 Å². The van der Waals surface area contributed by atoms with Crippen molar-refractivity contribution in [1.29, 1.82) is 0 Å². The van der Waals surface area contributed by atoms with Gasteiger partial charge in [0.15, 0.2) is 11.5 Å². The van der Waals surface area contributed by atoms with Crippen molar-refractivity contribution < 1.29 is 19.1 Å². The van der Waals surface area contributed by atoms with Gasteiger partial charge in [0.25, 0.3) is 0 Å². The van der Waals surface area contributed by atoms with Crippen LogP contribution in [0.3, 0.4) is 0 Å². The molecular formula is C20H26N2O4. The van der Waals surface area contributed by atoms with Crippen molar-refractivity contribution in [3.05, 3.63) is 23.3 Å². The zero-order valence-electron chi connectivity index (χ0n) is 15.3. The number of hydrogen-bond donors (Lipinski definition) is 0. The Kier molecular flexibility index (Phi) is 4.74. The first-order valence-corrected chi connectivity index (χ1v) is 9.57. The third-order valence-electron chi connectivity index (χ3n) is 5.43. The molecule has 0 atom stereocenters. The molecule has 0 spiro atoms. The van der Waals surface area contributed by atoms with E-state index in [4.69, 9.17) is 9.47 Å². The monoisotopic (exact) mass is 358 g/mol. The average molecular weight is 358 g/mol. The van der Waals surface area contributed by atoms with Gasteiger partial charge in [0.05, 0.1) is 6.42 Å². The highest BCUT2D eigenvalue weighted by Crippen LogP contribution is 2.33. The summed E-state index contributed by atoms with van der Waals surface area (Å²) < 4.78 is 11.2. The largest absolute Gasteiger partial charge is 0.486 e. The van der Waals surface area contributed by atoms with E-state index in [1.807, 2.05) is 28.9 Å². The molecule has 0 N–H and O–H groups in total. The summed E-state index contributed by atoms with van der Waals surface area (Å²) in [5.41, 5.74) is 2.03. The lowest BCUT2D eigenvalue weighted by atomic mass is 10.0. The van der Waals surface area contributed by atoms with Crippen LogP contribution in [-0.4, -0.2) is 61.0 Å². The van der Waals surface area contributed by atoms with Crippen molar-refractivity contribution in [3.63, 3.8) is 0 Å². The molecule has 4 rings (SSSR count). The molecule has 0 aromatic heterocycles. The summed E-state index contributed by atoms with van der Waals surface area (Å²) in [5, 5.41) is 0. The summed E-state index contributed by atoms with van der Waals surface area (Å²) in [6.45, 7) is 5.87. The quantitative estimate of drug-likeness (QED) is 0.826. The highest BCUT2D eigenvalue weighted by Gasteiger charge is 2.34. The molecule has 2 fully saturated rings. The number of benzene rings is 1. The van der Waals surface area contributed by atoms with Gasteiger partial charge >= 0.3 is 0 Å². The van der Waals surface area contributed by atoms with E-state index >= 15 is 0 Å². The summed E-state index contributed by atoms with van der Waals surface area (Å²) in [7, 11) is 0. The zero-order chi connectivity index (χ0) is 18.1. The molecule has 0 radical (unpaired) electrons. The number of rotatable bonds is 3. The molecule has 2 heterocycles. The Morgan fingerprint density at radius 1 is 1.00 bits per heavy atom. The van der Waals surface area contributed by atoms with Crippen LogP contribution >= 0.6 is 0 Å². The van der Waals surface area contributed by atoms with Crippen molar-refractivity contribution in [2.75, 3.05) is 39.4 Å². The fourth-order valence-electron chi connectivity index (χ4n) is 3.67. The van der Waals surface area contributed by atoms with Crippen LogP contribution in [0.5, 0.6) is 11.5 Å². The highest BCUT2D eigenvalue weighted by atomic mass is 16.6. The molecule has 0 bridgehead atoms. The lowest BCUT2D eigenvalue weighted by molar-refractivity contribution is -0.134. The predicted molar refractivity (Wildman–Crippen MR) is 96.4 cm³/mol. The summed E-state index contributed by atoms with van der Waals surface area (Å²) in [5.74, 6) is 2.13. The maximum absolute atomic E-state index is 12.8. The fourth-order valence-corrected chi connectivity index (χ4v) is 3.67. The van der Waals surface area contributed by atoms with E-state index in [1.165, 1.54) is 0 Å². The lowest BCUT2D eigenvalue weighted by Gasteiger charge is -2.23. The molecule has 6 heteroatoms. The van der Waals surface area contributed by atoms with Crippen molar-refractivity contribution in [1.82, 2.24) is 9.80 Å². The number of nitrogens with zero attached hydrogens (tertiary/aromatic N) is 2. The summed E-state index contributed by atoms with van der Waals surface area (Å²) in [6, 6.07) is 3.89. The van der Waals surface area contributed by atoms with Gasteiger partial charge in [0.1, 0.15) is 13.2 Å². The molecule has 1 saturated carbocycles. The molecule has 2 amide bonds. The van der Waals surface area contributed by atoms with Gasteiger partial charge < -0.3 is 19.3 Å². The van der Waals surface area contributed by atoms with Gasteiger partial charge in [-0.2, -0.15) is 0 Å². The van der Waals surface area contributed by atoms with Crippen LogP contribution in [0.2, 0.25) is 0 Å². The van der Waals surface area contributed by atoms with E-state index in [1.54, 1.807) is 0 Å². The van der Waals surface area contributed by atoms with Crippen LogP contribution in [0.25, 0.3) is 0 Å². The van der Waals surface area contributed by atoms with E-state index in [2.05, 4.69) is 0 Å². The minimum atomic E-state index is 0.116. The van der Waals surface area contributed by atoms with Gasteiger partial charge in [-0.15, -0.1) is 0 Å². The van der Waals surface area contributed by atoms with Crippen LogP contribution in [0, 0.1) is 12.8 Å². The van der Waals surface area contributed by atoms with Crippen LogP contribution in [-0.2, 0) is 16.0 Å². The van der Waals surface area contributed by atoms with E-state index < -0.39 is 0 Å². The number of hydrogen-bond acceptors (Lipinski definition) is 4. The Bertz CT molecular complexity index is 714. The minimum Gasteiger partial charge on any atom is -0.486 e. The predicted octanol–water partition coefficient (Wildman–Crippen LogP) is 1.78. The molecule has 2 aliphatic heterocycles. The minimum absolute atomic E-state index is 0.116. The summed E-state index contributed by atoms with van der Waals surface area (Å²) >= 11 is 0. The molecular weight excluding hydrogens is 332 g/mol. The third-order valence-corrected chi connectivity index (χ3v) is 5.43. The van der Waals surface area contributed by atoms with Gasteiger partial charge in [-0.05, 0) is 49.4 Å². The second-order valence-corrected chi connectivity index (χ2v) is 7.43. The Hall–Kier alpha value is -2.24. The molecule has 1 aromatic carbocycles. The maximum atomic E-state index is 12.8. The Balaban J connectivity index is 1.39. The van der Waals surface area contributed by atoms with Gasteiger partial charge in [-0.3, -0.25) is 9.59 Å². The second kappa shape index (κ2) is 7.17. The van der Waals surface area contributed by atoms with E-state index in [0.717, 1.165) is 55.0 Å². The Labute approximate surface area is 154 Å². The van der Waals surface area contributed by atoms with E-state index in [9.17, 15) is 9.59 Å². The van der Waals surface area contributed by atoms with Crippen molar-refractivity contribution >= 4 is 11.8 Å². The SMILES string of the molecule is Cc1cc2c(cc1CC(=O)N1CCCN(C(=O)C3CC3)CC1)OCCO2. The smallest absolute Gasteiger partial charge is 0.227 e. The van der Waals surface area contributed by atoms with Crippen LogP contribution in [0.15, 0.2) is 12.1 Å². The average Bonchev–Trinajstić information content (AvgIpc) is 3.48. The Morgan fingerprint density at radius 2 is 1.65 bits per heavy atom. The molecule has 0 unspecified atom stereocenters. The molecule has 140 valence electrons. The molecule has 6 nitrogen and oxygen atoms in total. The van der Waals surface area contributed by atoms with Gasteiger partial charge in [-0.1, -0.05) is 0 Å². The van der Waals surface area contributed by atoms with Gasteiger partial charge in [-0.25, -0.2) is 0 Å². The van der Waals surface area contributed by atoms with Crippen LogP contribution < -0.4 is 9.47 Å². The molecule has 3 aliphatic rings. The molecule has 26 heavy (non-hydrogen) atoms. The van der Waals surface area contributed by atoms with Crippen molar-refractivity contribution in [3.8, 4) is 11.5 Å². The number of carbonyl (C=O) groups excluding carboxylic acids is 2. The highest BCUT2D eigenvalue weighted by molar-refractivity contribution is 5.82. The molecule has 1 aromatic rings. The van der Waals surface area contributed by atoms with E-state index in [0.29, 0.717) is 32.7 Å². The van der Waals surface area contributed by atoms with Gasteiger partial charge in [0, 0.05) is 32.1 Å². The van der Waals surface area contributed by atoms with Crippen LogP contribution in [0.1, 0.15) is 30.4 Å².